The highest BCUT2D eigenvalue weighted by Gasteiger charge is 2.33. The molecule has 0 aliphatic heterocycles. The van der Waals surface area contributed by atoms with E-state index in [1.54, 1.807) is 11.1 Å². The molecule has 1 aromatic rings. The van der Waals surface area contributed by atoms with Crippen molar-refractivity contribution in [3.63, 3.8) is 0 Å². The highest BCUT2D eigenvalue weighted by atomic mass is 14.4. The summed E-state index contributed by atoms with van der Waals surface area (Å²) in [7, 11) is 0. The predicted molar refractivity (Wildman–Crippen MR) is 149 cm³/mol. The SMILES string of the molecule is CCCC1CCC(c2ccc(C(C)C3CCC(C(C)C4CCC(CCC)CC4)CC3)cc2)CC1. The van der Waals surface area contributed by atoms with E-state index in [1.165, 1.54) is 103 Å². The Labute approximate surface area is 213 Å². The van der Waals surface area contributed by atoms with Gasteiger partial charge in [-0.05, 0) is 123 Å². The Hall–Kier alpha value is -0.780. The van der Waals surface area contributed by atoms with Crippen LogP contribution in [0.25, 0.3) is 0 Å². The van der Waals surface area contributed by atoms with Crippen molar-refractivity contribution in [3.8, 4) is 0 Å². The molecule has 3 saturated carbocycles. The highest BCUT2D eigenvalue weighted by molar-refractivity contribution is 5.28. The van der Waals surface area contributed by atoms with Gasteiger partial charge in [0.2, 0.25) is 0 Å². The maximum atomic E-state index is 2.62. The lowest BCUT2D eigenvalue weighted by molar-refractivity contribution is 0.118. The van der Waals surface area contributed by atoms with Gasteiger partial charge < -0.3 is 0 Å². The molecule has 34 heavy (non-hydrogen) atoms. The summed E-state index contributed by atoms with van der Waals surface area (Å²) in [6.07, 6.45) is 23.4. The van der Waals surface area contributed by atoms with Crippen LogP contribution in [0.3, 0.4) is 0 Å². The molecule has 0 radical (unpaired) electrons. The second kappa shape index (κ2) is 13.0. The zero-order chi connectivity index (χ0) is 23.9. The quantitative estimate of drug-likeness (QED) is 0.341. The summed E-state index contributed by atoms with van der Waals surface area (Å²) in [5.74, 6) is 7.51. The molecule has 2 unspecified atom stereocenters. The van der Waals surface area contributed by atoms with Gasteiger partial charge in [-0.15, -0.1) is 0 Å². The van der Waals surface area contributed by atoms with Crippen LogP contribution in [0.4, 0.5) is 0 Å². The van der Waals surface area contributed by atoms with Gasteiger partial charge >= 0.3 is 0 Å². The van der Waals surface area contributed by atoms with E-state index in [-0.39, 0.29) is 0 Å². The molecule has 0 heterocycles. The van der Waals surface area contributed by atoms with Crippen molar-refractivity contribution in [2.45, 2.75) is 142 Å². The summed E-state index contributed by atoms with van der Waals surface area (Å²) in [5, 5.41) is 0. The Morgan fingerprint density at radius 2 is 1.03 bits per heavy atom. The Morgan fingerprint density at radius 1 is 0.588 bits per heavy atom. The van der Waals surface area contributed by atoms with E-state index in [9.17, 15) is 0 Å². The average molecular weight is 465 g/mol. The van der Waals surface area contributed by atoms with Crippen LogP contribution in [-0.4, -0.2) is 0 Å². The smallest absolute Gasteiger partial charge is 0.0162 e. The van der Waals surface area contributed by atoms with Crippen molar-refractivity contribution < 1.29 is 0 Å². The maximum absolute atomic E-state index is 2.62. The maximum Gasteiger partial charge on any atom is -0.0162 e. The molecule has 0 amide bonds. The number of benzene rings is 1. The van der Waals surface area contributed by atoms with Gasteiger partial charge in [0.25, 0.3) is 0 Å². The summed E-state index contributed by atoms with van der Waals surface area (Å²) in [5.41, 5.74) is 3.23. The first kappa shape index (κ1) is 26.3. The van der Waals surface area contributed by atoms with Crippen LogP contribution < -0.4 is 0 Å². The van der Waals surface area contributed by atoms with Crippen LogP contribution in [0.2, 0.25) is 0 Å². The van der Waals surface area contributed by atoms with E-state index in [0.29, 0.717) is 0 Å². The molecule has 0 aromatic heterocycles. The standard InChI is InChI=1S/C34H56/c1-5-7-27-9-13-29(14-10-27)25(3)30-17-19-31(20-18-30)26(4)32-21-23-34(24-22-32)33-15-11-28(8-6-2)12-16-33/h21-31,33H,5-20H2,1-4H3. The monoisotopic (exact) mass is 464 g/mol. The number of hydrogen-bond acceptors (Lipinski definition) is 0. The van der Waals surface area contributed by atoms with Gasteiger partial charge in [0.15, 0.2) is 0 Å². The molecule has 3 aliphatic rings. The van der Waals surface area contributed by atoms with Gasteiger partial charge in [-0.2, -0.15) is 0 Å². The lowest BCUT2D eigenvalue weighted by atomic mass is 9.65. The van der Waals surface area contributed by atoms with Gasteiger partial charge in [-0.1, -0.05) is 90.5 Å². The third-order valence-electron chi connectivity index (χ3n) is 11.1. The highest BCUT2D eigenvalue weighted by Crippen LogP contribution is 2.45. The molecular formula is C34H56. The molecule has 1 aromatic carbocycles. The first-order valence-corrected chi connectivity index (χ1v) is 15.7. The van der Waals surface area contributed by atoms with E-state index in [1.807, 2.05) is 0 Å². The summed E-state index contributed by atoms with van der Waals surface area (Å²) in [6, 6.07) is 10.0. The lowest BCUT2D eigenvalue weighted by Crippen LogP contribution is -2.29. The minimum absolute atomic E-state index is 0.732. The van der Waals surface area contributed by atoms with Gasteiger partial charge in [0.05, 0.1) is 0 Å². The Balaban J connectivity index is 1.22. The van der Waals surface area contributed by atoms with Crippen molar-refractivity contribution in [3.05, 3.63) is 35.4 Å². The molecule has 192 valence electrons. The second-order valence-electron chi connectivity index (χ2n) is 13.1. The van der Waals surface area contributed by atoms with E-state index in [2.05, 4.69) is 52.0 Å². The molecule has 0 bridgehead atoms. The number of rotatable bonds is 9. The van der Waals surface area contributed by atoms with Gasteiger partial charge in [-0.3, -0.25) is 0 Å². The summed E-state index contributed by atoms with van der Waals surface area (Å²) >= 11 is 0. The van der Waals surface area contributed by atoms with E-state index in [4.69, 9.17) is 0 Å². The second-order valence-corrected chi connectivity index (χ2v) is 13.1. The first-order valence-electron chi connectivity index (χ1n) is 15.7. The fourth-order valence-corrected chi connectivity index (χ4v) is 8.50. The number of hydrogen-bond donors (Lipinski definition) is 0. The van der Waals surface area contributed by atoms with Crippen molar-refractivity contribution in [2.24, 2.45) is 35.5 Å². The molecule has 2 atom stereocenters. The van der Waals surface area contributed by atoms with Crippen LogP contribution in [-0.2, 0) is 0 Å². The zero-order valence-electron chi connectivity index (χ0n) is 23.2. The largest absolute Gasteiger partial charge is 0.0654 e. The Morgan fingerprint density at radius 3 is 1.53 bits per heavy atom. The van der Waals surface area contributed by atoms with Crippen LogP contribution in [0.5, 0.6) is 0 Å². The molecule has 3 aliphatic carbocycles. The molecule has 0 saturated heterocycles. The average Bonchev–Trinajstić information content (AvgIpc) is 2.89. The molecular weight excluding hydrogens is 408 g/mol. The van der Waals surface area contributed by atoms with Crippen molar-refractivity contribution in [1.82, 2.24) is 0 Å². The molecule has 4 rings (SSSR count). The van der Waals surface area contributed by atoms with Crippen LogP contribution in [0.15, 0.2) is 24.3 Å². The first-order chi connectivity index (χ1) is 16.6. The third kappa shape index (κ3) is 6.70. The fourth-order valence-electron chi connectivity index (χ4n) is 8.50. The Kier molecular flexibility index (Phi) is 10.0. The minimum atomic E-state index is 0.732. The van der Waals surface area contributed by atoms with Crippen molar-refractivity contribution >= 4 is 0 Å². The Bertz CT molecular complexity index is 677. The summed E-state index contributed by atoms with van der Waals surface area (Å²) in [6.45, 7) is 9.85. The topological polar surface area (TPSA) is 0 Å². The predicted octanol–water partition coefficient (Wildman–Crippen LogP) is 10.9. The van der Waals surface area contributed by atoms with Gasteiger partial charge in [0.1, 0.15) is 0 Å². The molecule has 3 fully saturated rings. The van der Waals surface area contributed by atoms with Crippen molar-refractivity contribution in [1.29, 1.82) is 0 Å². The zero-order valence-corrected chi connectivity index (χ0v) is 23.2. The molecule has 0 N–H and O–H groups in total. The minimum Gasteiger partial charge on any atom is -0.0654 e. The van der Waals surface area contributed by atoms with Gasteiger partial charge in [-0.25, -0.2) is 0 Å². The van der Waals surface area contributed by atoms with E-state index < -0.39 is 0 Å². The van der Waals surface area contributed by atoms with Crippen LogP contribution in [0, 0.1) is 35.5 Å². The summed E-state index contributed by atoms with van der Waals surface area (Å²) in [4.78, 5) is 0. The van der Waals surface area contributed by atoms with Crippen LogP contribution in [0.1, 0.15) is 153 Å². The molecule has 0 nitrogen and oxygen atoms in total. The summed E-state index contributed by atoms with van der Waals surface area (Å²) < 4.78 is 0. The van der Waals surface area contributed by atoms with Crippen molar-refractivity contribution in [2.75, 3.05) is 0 Å². The van der Waals surface area contributed by atoms with E-state index >= 15 is 0 Å². The lowest BCUT2D eigenvalue weighted by Gasteiger charge is -2.40. The normalized spacial score (nSPS) is 34.5. The third-order valence-corrected chi connectivity index (χ3v) is 11.1. The molecule has 0 heteroatoms. The van der Waals surface area contributed by atoms with E-state index in [0.717, 1.165) is 47.3 Å². The molecule has 0 spiro atoms. The van der Waals surface area contributed by atoms with Crippen LogP contribution >= 0.6 is 0 Å². The van der Waals surface area contributed by atoms with Gasteiger partial charge in [0, 0.05) is 0 Å². The fraction of sp³-hybridized carbons (Fsp3) is 0.824.